The first-order valence-electron chi connectivity index (χ1n) is 28.2. The van der Waals surface area contributed by atoms with Gasteiger partial charge >= 0.3 is 11.9 Å². The first kappa shape index (κ1) is 60.6. The fourth-order valence-corrected chi connectivity index (χ4v) is 8.57. The Morgan fingerprint density at radius 1 is 0.339 bits per heavy atom. The summed E-state index contributed by atoms with van der Waals surface area (Å²) in [6.45, 7) is 7.89. The molecular weight excluding hydrogens is 765 g/mol. The van der Waals surface area contributed by atoms with E-state index in [0.29, 0.717) is 26.1 Å². The van der Waals surface area contributed by atoms with Crippen molar-refractivity contribution in [1.29, 1.82) is 0 Å². The van der Waals surface area contributed by atoms with Crippen LogP contribution in [-0.2, 0) is 23.8 Å². The molecular formula is C57H110O5. The number of hydrogen-bond donors (Lipinski definition) is 0. The lowest BCUT2D eigenvalue weighted by Gasteiger charge is -2.18. The van der Waals surface area contributed by atoms with Gasteiger partial charge in [-0.1, -0.05) is 270 Å². The molecule has 5 nitrogen and oxygen atoms in total. The van der Waals surface area contributed by atoms with Crippen molar-refractivity contribution in [3.05, 3.63) is 12.2 Å². The molecule has 0 fully saturated rings. The van der Waals surface area contributed by atoms with Crippen molar-refractivity contribution < 1.29 is 23.8 Å². The predicted molar refractivity (Wildman–Crippen MR) is 270 cm³/mol. The van der Waals surface area contributed by atoms with Crippen LogP contribution in [0.4, 0.5) is 0 Å². The molecule has 0 saturated heterocycles. The minimum atomic E-state index is -0.531. The number of rotatable bonds is 53. The molecule has 0 aliphatic carbocycles. The summed E-state index contributed by atoms with van der Waals surface area (Å²) >= 11 is 0. The van der Waals surface area contributed by atoms with Gasteiger partial charge in [-0.15, -0.1) is 0 Å². The number of carbonyl (C=O) groups excluding carboxylic acids is 2. The third-order valence-corrected chi connectivity index (χ3v) is 12.8. The third-order valence-electron chi connectivity index (χ3n) is 12.8. The maximum Gasteiger partial charge on any atom is 0.306 e. The van der Waals surface area contributed by atoms with Gasteiger partial charge in [0, 0.05) is 19.4 Å². The van der Waals surface area contributed by atoms with Crippen LogP contribution in [0.5, 0.6) is 0 Å². The normalized spacial score (nSPS) is 12.1. The lowest BCUT2D eigenvalue weighted by molar-refractivity contribution is -0.163. The average Bonchev–Trinajstić information content (AvgIpc) is 3.27. The molecule has 0 aromatic carbocycles. The van der Waals surface area contributed by atoms with E-state index in [0.717, 1.165) is 44.9 Å². The van der Waals surface area contributed by atoms with E-state index in [1.165, 1.54) is 238 Å². The summed E-state index contributed by atoms with van der Waals surface area (Å²) in [4.78, 5) is 25.5. The SMILES string of the molecule is CCCCCCCC/C=C\CCCCCCCC(=O)OC(COCCCCCCCCCCCCCC)COC(=O)CCCCCCCCCCCCCCCCCCCCC. The van der Waals surface area contributed by atoms with E-state index < -0.39 is 6.10 Å². The second-order valence-corrected chi connectivity index (χ2v) is 19.2. The zero-order valence-corrected chi connectivity index (χ0v) is 42.4. The molecule has 0 amide bonds. The van der Waals surface area contributed by atoms with E-state index >= 15 is 0 Å². The Morgan fingerprint density at radius 3 is 0.984 bits per heavy atom. The molecule has 368 valence electrons. The highest BCUT2D eigenvalue weighted by atomic mass is 16.6. The molecule has 0 aromatic heterocycles. The van der Waals surface area contributed by atoms with Crippen molar-refractivity contribution in [2.45, 2.75) is 322 Å². The van der Waals surface area contributed by atoms with Crippen LogP contribution in [0, 0.1) is 0 Å². The van der Waals surface area contributed by atoms with Crippen LogP contribution in [-0.4, -0.2) is 37.9 Å². The van der Waals surface area contributed by atoms with Crippen molar-refractivity contribution in [2.24, 2.45) is 0 Å². The molecule has 0 aliphatic heterocycles. The zero-order valence-electron chi connectivity index (χ0n) is 42.4. The number of allylic oxidation sites excluding steroid dienone is 2. The fraction of sp³-hybridized carbons (Fsp3) is 0.930. The summed E-state index contributed by atoms with van der Waals surface area (Å²) in [5.41, 5.74) is 0. The van der Waals surface area contributed by atoms with E-state index in [1.807, 2.05) is 0 Å². The number of hydrogen-bond acceptors (Lipinski definition) is 5. The number of unbranched alkanes of at least 4 members (excludes halogenated alkanes) is 40. The molecule has 0 aliphatic rings. The maximum absolute atomic E-state index is 12.8. The largest absolute Gasteiger partial charge is 0.462 e. The Bertz CT molecular complexity index is 902. The summed E-state index contributed by atoms with van der Waals surface area (Å²) in [6, 6.07) is 0. The number of carbonyl (C=O) groups is 2. The van der Waals surface area contributed by atoms with Gasteiger partial charge in [0.05, 0.1) is 6.61 Å². The Labute approximate surface area is 388 Å². The highest BCUT2D eigenvalue weighted by Gasteiger charge is 2.17. The van der Waals surface area contributed by atoms with Crippen molar-refractivity contribution >= 4 is 11.9 Å². The van der Waals surface area contributed by atoms with Gasteiger partial charge in [0.2, 0.25) is 0 Å². The van der Waals surface area contributed by atoms with E-state index in [4.69, 9.17) is 14.2 Å². The van der Waals surface area contributed by atoms with Crippen molar-refractivity contribution in [2.75, 3.05) is 19.8 Å². The number of esters is 2. The van der Waals surface area contributed by atoms with Gasteiger partial charge < -0.3 is 14.2 Å². The van der Waals surface area contributed by atoms with Crippen molar-refractivity contribution in [3.8, 4) is 0 Å². The molecule has 62 heavy (non-hydrogen) atoms. The van der Waals surface area contributed by atoms with E-state index in [9.17, 15) is 9.59 Å². The molecule has 0 N–H and O–H groups in total. The summed E-state index contributed by atoms with van der Waals surface area (Å²) in [5, 5.41) is 0. The first-order valence-corrected chi connectivity index (χ1v) is 28.2. The molecule has 1 atom stereocenters. The first-order chi connectivity index (χ1) is 30.6. The standard InChI is InChI=1S/C57H110O5/c1-4-7-10-13-16-19-22-25-27-28-29-30-32-33-35-38-41-44-47-50-56(58)61-54-55(53-60-52-49-46-43-40-37-24-21-18-15-12-9-6-3)62-57(59)51-48-45-42-39-36-34-31-26-23-20-17-14-11-8-5-2/h26,31,55H,4-25,27-30,32-54H2,1-3H3/b31-26-. The molecule has 0 rings (SSSR count). The molecule has 0 saturated carbocycles. The van der Waals surface area contributed by atoms with Crippen LogP contribution < -0.4 is 0 Å². The van der Waals surface area contributed by atoms with Crippen LogP contribution in [0.15, 0.2) is 12.2 Å². The van der Waals surface area contributed by atoms with Gasteiger partial charge in [0.25, 0.3) is 0 Å². The van der Waals surface area contributed by atoms with Gasteiger partial charge in [-0.25, -0.2) is 0 Å². The zero-order chi connectivity index (χ0) is 44.9. The lowest BCUT2D eigenvalue weighted by Crippen LogP contribution is -2.30. The van der Waals surface area contributed by atoms with Gasteiger partial charge in [0.1, 0.15) is 6.61 Å². The van der Waals surface area contributed by atoms with Crippen LogP contribution in [0.25, 0.3) is 0 Å². The summed E-state index contributed by atoms with van der Waals surface area (Å²) in [6.07, 6.45) is 62.3. The third kappa shape index (κ3) is 51.3. The quantitative estimate of drug-likeness (QED) is 0.0346. The summed E-state index contributed by atoms with van der Waals surface area (Å²) in [7, 11) is 0. The lowest BCUT2D eigenvalue weighted by atomic mass is 10.0. The second-order valence-electron chi connectivity index (χ2n) is 19.2. The highest BCUT2D eigenvalue weighted by Crippen LogP contribution is 2.17. The van der Waals surface area contributed by atoms with Crippen LogP contribution in [0.1, 0.15) is 316 Å². The summed E-state index contributed by atoms with van der Waals surface area (Å²) < 4.78 is 17.4. The molecule has 1 unspecified atom stereocenters. The Morgan fingerprint density at radius 2 is 0.629 bits per heavy atom. The van der Waals surface area contributed by atoms with Crippen molar-refractivity contribution in [3.63, 3.8) is 0 Å². The Hall–Kier alpha value is -1.36. The molecule has 0 aromatic rings. The van der Waals surface area contributed by atoms with Crippen LogP contribution >= 0.6 is 0 Å². The van der Waals surface area contributed by atoms with E-state index in [1.54, 1.807) is 0 Å². The van der Waals surface area contributed by atoms with Crippen LogP contribution in [0.2, 0.25) is 0 Å². The smallest absolute Gasteiger partial charge is 0.306 e. The van der Waals surface area contributed by atoms with Gasteiger partial charge in [-0.2, -0.15) is 0 Å². The minimum absolute atomic E-state index is 0.0918. The van der Waals surface area contributed by atoms with E-state index in [-0.39, 0.29) is 18.5 Å². The van der Waals surface area contributed by atoms with Gasteiger partial charge in [0.15, 0.2) is 6.10 Å². The highest BCUT2D eigenvalue weighted by molar-refractivity contribution is 5.70. The Balaban J connectivity index is 4.16. The van der Waals surface area contributed by atoms with Gasteiger partial charge in [-0.05, 0) is 44.9 Å². The minimum Gasteiger partial charge on any atom is -0.462 e. The predicted octanol–water partition coefficient (Wildman–Crippen LogP) is 19.0. The average molecular weight is 876 g/mol. The van der Waals surface area contributed by atoms with Crippen molar-refractivity contribution in [1.82, 2.24) is 0 Å². The fourth-order valence-electron chi connectivity index (χ4n) is 8.57. The molecule has 0 spiro atoms. The van der Waals surface area contributed by atoms with Gasteiger partial charge in [-0.3, -0.25) is 9.59 Å². The molecule has 0 radical (unpaired) electrons. The van der Waals surface area contributed by atoms with Crippen LogP contribution in [0.3, 0.4) is 0 Å². The topological polar surface area (TPSA) is 61.8 Å². The molecule has 0 bridgehead atoms. The molecule has 5 heteroatoms. The maximum atomic E-state index is 12.8. The van der Waals surface area contributed by atoms with E-state index in [2.05, 4.69) is 32.9 Å². The second kappa shape index (κ2) is 54.0. The molecule has 0 heterocycles. The summed E-state index contributed by atoms with van der Waals surface area (Å²) in [5.74, 6) is -0.382. The monoisotopic (exact) mass is 875 g/mol. The number of ether oxygens (including phenoxy) is 3. The Kier molecular flexibility index (Phi) is 52.8.